The average molecular weight is 406 g/mol. The zero-order valence-corrected chi connectivity index (χ0v) is 16.2. The van der Waals surface area contributed by atoms with Gasteiger partial charge in [0.2, 0.25) is 10.0 Å². The van der Waals surface area contributed by atoms with Gasteiger partial charge in [-0.3, -0.25) is 9.52 Å². The van der Waals surface area contributed by atoms with Gasteiger partial charge in [-0.1, -0.05) is 6.42 Å². The van der Waals surface area contributed by atoms with Crippen LogP contribution in [0.1, 0.15) is 42.5 Å². The highest BCUT2D eigenvalue weighted by Crippen LogP contribution is 2.39. The topological polar surface area (TPSA) is 101 Å². The number of carbonyl (C=O) groups excluding carboxylic acids is 1. The molecule has 3 rings (SSSR count). The van der Waals surface area contributed by atoms with Gasteiger partial charge < -0.3 is 11.1 Å². The van der Waals surface area contributed by atoms with Crippen molar-refractivity contribution in [2.24, 2.45) is 17.6 Å². The average Bonchev–Trinajstić information content (AvgIpc) is 2.49. The van der Waals surface area contributed by atoms with Crippen molar-refractivity contribution in [1.82, 2.24) is 5.32 Å². The number of halogens is 2. The molecule has 2 saturated carbocycles. The van der Waals surface area contributed by atoms with Gasteiger partial charge in [0.1, 0.15) is 5.82 Å². The summed E-state index contributed by atoms with van der Waals surface area (Å²) in [5.41, 5.74) is 6.12. The van der Waals surface area contributed by atoms with Gasteiger partial charge in [-0.2, -0.15) is 0 Å². The van der Waals surface area contributed by atoms with Crippen molar-refractivity contribution in [3.63, 3.8) is 0 Å². The molecule has 0 radical (unpaired) electrons. The SMILES string of the molecule is CS(=O)(=O)Nc1cc(C(=O)NC2C3CCCC2CC(N)C3)ccc1F.Cl. The Morgan fingerprint density at radius 3 is 2.42 bits per heavy atom. The van der Waals surface area contributed by atoms with Gasteiger partial charge in [-0.15, -0.1) is 12.4 Å². The summed E-state index contributed by atoms with van der Waals surface area (Å²) in [6, 6.07) is 3.97. The van der Waals surface area contributed by atoms with Crippen molar-refractivity contribution in [1.29, 1.82) is 0 Å². The molecule has 9 heteroatoms. The Bertz CT molecular complexity index is 761. The second-order valence-corrected chi connectivity index (χ2v) is 9.00. The number of sulfonamides is 1. The number of hydrogen-bond acceptors (Lipinski definition) is 4. The molecule has 1 aromatic carbocycles. The molecule has 0 aromatic heterocycles. The first-order valence-electron chi connectivity index (χ1n) is 8.57. The van der Waals surface area contributed by atoms with Crippen LogP contribution in [-0.4, -0.2) is 32.7 Å². The molecule has 0 saturated heterocycles. The molecule has 0 heterocycles. The van der Waals surface area contributed by atoms with Crippen LogP contribution in [0, 0.1) is 17.7 Å². The normalized spacial score (nSPS) is 28.0. The van der Waals surface area contributed by atoms with Crippen LogP contribution < -0.4 is 15.8 Å². The van der Waals surface area contributed by atoms with Crippen LogP contribution in [0.2, 0.25) is 0 Å². The minimum Gasteiger partial charge on any atom is -0.349 e. The van der Waals surface area contributed by atoms with Crippen molar-refractivity contribution in [3.8, 4) is 0 Å². The third-order valence-corrected chi connectivity index (χ3v) is 5.79. The van der Waals surface area contributed by atoms with Gasteiger partial charge in [-0.05, 0) is 55.7 Å². The lowest BCUT2D eigenvalue weighted by Gasteiger charge is -2.45. The Hall–Kier alpha value is -1.38. The van der Waals surface area contributed by atoms with Crippen LogP contribution >= 0.6 is 12.4 Å². The molecule has 2 aliphatic rings. The number of benzene rings is 1. The maximum Gasteiger partial charge on any atom is 0.251 e. The lowest BCUT2D eigenvalue weighted by molar-refractivity contribution is 0.0756. The number of nitrogens with two attached hydrogens (primary N) is 1. The summed E-state index contributed by atoms with van der Waals surface area (Å²) < 4.78 is 38.5. The molecule has 0 aliphatic heterocycles. The van der Waals surface area contributed by atoms with Gasteiger partial charge in [0.25, 0.3) is 5.91 Å². The minimum absolute atomic E-state index is 0. The maximum absolute atomic E-state index is 13.8. The monoisotopic (exact) mass is 405 g/mol. The number of hydrogen-bond donors (Lipinski definition) is 3. The number of amides is 1. The lowest BCUT2D eigenvalue weighted by atomic mass is 9.67. The van der Waals surface area contributed by atoms with E-state index in [4.69, 9.17) is 5.73 Å². The van der Waals surface area contributed by atoms with Crippen molar-refractivity contribution >= 4 is 34.0 Å². The molecule has 26 heavy (non-hydrogen) atoms. The predicted octanol–water partition coefficient (Wildman–Crippen LogP) is 2.25. The molecule has 1 amide bonds. The van der Waals surface area contributed by atoms with E-state index in [-0.39, 0.29) is 41.6 Å². The minimum atomic E-state index is -3.62. The summed E-state index contributed by atoms with van der Waals surface area (Å²) in [6.07, 6.45) is 6.02. The quantitative estimate of drug-likeness (QED) is 0.715. The fourth-order valence-electron chi connectivity index (χ4n) is 4.20. The van der Waals surface area contributed by atoms with Crippen LogP contribution in [0.4, 0.5) is 10.1 Å². The van der Waals surface area contributed by atoms with Crippen molar-refractivity contribution in [3.05, 3.63) is 29.6 Å². The molecule has 6 nitrogen and oxygen atoms in total. The van der Waals surface area contributed by atoms with Crippen molar-refractivity contribution < 1.29 is 17.6 Å². The smallest absolute Gasteiger partial charge is 0.251 e. The standard InChI is InChI=1S/C17H24FN3O3S.ClH/c1-25(23,24)21-15-9-12(5-6-14(15)18)17(22)20-16-10-3-2-4-11(16)8-13(19)7-10;/h5-6,9-11,13,16,21H,2-4,7-8,19H2,1H3,(H,20,22);1H. The highest BCUT2D eigenvalue weighted by molar-refractivity contribution is 7.92. The van der Waals surface area contributed by atoms with Gasteiger partial charge >= 0.3 is 0 Å². The van der Waals surface area contributed by atoms with Crippen molar-refractivity contribution in [2.75, 3.05) is 11.0 Å². The fourth-order valence-corrected chi connectivity index (χ4v) is 4.76. The van der Waals surface area contributed by atoms with Gasteiger partial charge in [0.05, 0.1) is 11.9 Å². The number of anilines is 1. The first-order chi connectivity index (χ1) is 11.7. The van der Waals surface area contributed by atoms with Crippen LogP contribution in [-0.2, 0) is 10.0 Å². The third kappa shape index (κ3) is 4.86. The largest absolute Gasteiger partial charge is 0.349 e. The summed E-state index contributed by atoms with van der Waals surface area (Å²) in [4.78, 5) is 12.6. The molecule has 2 unspecified atom stereocenters. The Balaban J connectivity index is 0.00000243. The number of nitrogens with one attached hydrogen (secondary N) is 2. The number of rotatable bonds is 4. The summed E-state index contributed by atoms with van der Waals surface area (Å²) in [6.45, 7) is 0. The van der Waals surface area contributed by atoms with E-state index in [2.05, 4.69) is 10.0 Å². The first kappa shape index (κ1) is 20.9. The number of carbonyl (C=O) groups is 1. The maximum atomic E-state index is 13.8. The van der Waals surface area contributed by atoms with Crippen LogP contribution in [0.15, 0.2) is 18.2 Å². The number of fused-ring (bicyclic) bond motifs is 2. The lowest BCUT2D eigenvalue weighted by Crippen LogP contribution is -2.53. The zero-order valence-electron chi connectivity index (χ0n) is 14.6. The Morgan fingerprint density at radius 2 is 1.85 bits per heavy atom. The second kappa shape index (κ2) is 8.10. The first-order valence-corrected chi connectivity index (χ1v) is 10.5. The fraction of sp³-hybridized carbons (Fsp3) is 0.588. The van der Waals surface area contributed by atoms with E-state index in [0.29, 0.717) is 11.8 Å². The summed E-state index contributed by atoms with van der Waals surface area (Å²) in [5.74, 6) is -0.280. The molecule has 2 bridgehead atoms. The molecule has 146 valence electrons. The van der Waals surface area contributed by atoms with Gasteiger partial charge in [-0.25, -0.2) is 12.8 Å². The van der Waals surface area contributed by atoms with E-state index < -0.39 is 15.8 Å². The van der Waals surface area contributed by atoms with Crippen LogP contribution in [0.5, 0.6) is 0 Å². The van der Waals surface area contributed by atoms with E-state index in [9.17, 15) is 17.6 Å². The van der Waals surface area contributed by atoms with E-state index in [1.165, 1.54) is 12.1 Å². The van der Waals surface area contributed by atoms with E-state index >= 15 is 0 Å². The molecular formula is C17H25ClFN3O3S. The summed E-state index contributed by atoms with van der Waals surface area (Å²) in [7, 11) is -3.62. The molecule has 4 N–H and O–H groups in total. The van der Waals surface area contributed by atoms with Crippen LogP contribution in [0.25, 0.3) is 0 Å². The molecular weight excluding hydrogens is 381 g/mol. The zero-order chi connectivity index (χ0) is 18.2. The van der Waals surface area contributed by atoms with Gasteiger partial charge in [0.15, 0.2) is 0 Å². The predicted molar refractivity (Wildman–Crippen MR) is 101 cm³/mol. The Kier molecular flexibility index (Phi) is 6.52. The summed E-state index contributed by atoms with van der Waals surface area (Å²) >= 11 is 0. The highest BCUT2D eigenvalue weighted by atomic mass is 35.5. The van der Waals surface area contributed by atoms with E-state index in [0.717, 1.165) is 44.4 Å². The molecule has 2 aliphatic carbocycles. The highest BCUT2D eigenvalue weighted by Gasteiger charge is 2.40. The molecule has 2 atom stereocenters. The van der Waals surface area contributed by atoms with Gasteiger partial charge in [0, 0.05) is 17.6 Å². The van der Waals surface area contributed by atoms with Crippen LogP contribution in [0.3, 0.4) is 0 Å². The Morgan fingerprint density at radius 1 is 1.23 bits per heavy atom. The van der Waals surface area contributed by atoms with Crippen molar-refractivity contribution in [2.45, 2.75) is 44.2 Å². The molecule has 2 fully saturated rings. The third-order valence-electron chi connectivity index (χ3n) is 5.20. The van der Waals surface area contributed by atoms with E-state index in [1.807, 2.05) is 0 Å². The molecule has 0 spiro atoms. The molecule has 1 aromatic rings. The summed E-state index contributed by atoms with van der Waals surface area (Å²) in [5, 5.41) is 3.07. The van der Waals surface area contributed by atoms with E-state index in [1.54, 1.807) is 0 Å². The second-order valence-electron chi connectivity index (χ2n) is 7.25. The Labute approximate surface area is 159 Å².